The molecule has 5 heteroatoms. The molecule has 0 saturated heterocycles. The van der Waals surface area contributed by atoms with Gasteiger partial charge in [-0.05, 0) is 35.9 Å². The van der Waals surface area contributed by atoms with Gasteiger partial charge < -0.3 is 10.1 Å². The fourth-order valence-electron chi connectivity index (χ4n) is 2.84. The van der Waals surface area contributed by atoms with Crippen molar-refractivity contribution in [3.8, 4) is 17.0 Å². The van der Waals surface area contributed by atoms with Gasteiger partial charge in [-0.3, -0.25) is 4.79 Å². The third-order valence-corrected chi connectivity index (χ3v) is 4.05. The van der Waals surface area contributed by atoms with E-state index in [1.807, 2.05) is 36.4 Å². The van der Waals surface area contributed by atoms with Crippen LogP contribution in [-0.2, 0) is 4.79 Å². The molecule has 2 aromatic carbocycles. The Hall–Kier alpha value is -3.08. The highest BCUT2D eigenvalue weighted by Crippen LogP contribution is 2.31. The van der Waals surface area contributed by atoms with Gasteiger partial charge in [-0.2, -0.15) is 5.10 Å². The number of para-hydroxylation sites is 1. The molecule has 5 nitrogen and oxygen atoms in total. The van der Waals surface area contributed by atoms with Gasteiger partial charge in [-0.25, -0.2) is 5.43 Å². The van der Waals surface area contributed by atoms with Gasteiger partial charge in [-0.1, -0.05) is 18.2 Å². The van der Waals surface area contributed by atoms with Crippen molar-refractivity contribution >= 4 is 22.5 Å². The van der Waals surface area contributed by atoms with E-state index in [2.05, 4.69) is 15.5 Å². The van der Waals surface area contributed by atoms with Crippen LogP contribution in [0.1, 0.15) is 18.4 Å². The summed E-state index contributed by atoms with van der Waals surface area (Å²) in [6, 6.07) is 15.3. The predicted octanol–water partition coefficient (Wildman–Crippen LogP) is 3.15. The zero-order chi connectivity index (χ0) is 15.8. The van der Waals surface area contributed by atoms with Crippen LogP contribution < -0.4 is 5.43 Å². The van der Waals surface area contributed by atoms with Crippen LogP contribution >= 0.6 is 0 Å². The van der Waals surface area contributed by atoms with Crippen molar-refractivity contribution in [2.24, 2.45) is 5.10 Å². The van der Waals surface area contributed by atoms with Crippen molar-refractivity contribution in [2.75, 3.05) is 0 Å². The number of aromatic amines is 1. The highest BCUT2D eigenvalue weighted by molar-refractivity contribution is 6.06. The molecule has 4 rings (SSSR count). The normalized spacial score (nSPS) is 14.6. The first kappa shape index (κ1) is 13.6. The molecule has 3 aromatic rings. The Balaban J connectivity index is 1.76. The number of carbonyl (C=O) groups excluding carboxylic acids is 1. The number of nitrogens with zero attached hydrogens (tertiary/aromatic N) is 1. The van der Waals surface area contributed by atoms with E-state index in [-0.39, 0.29) is 11.7 Å². The summed E-state index contributed by atoms with van der Waals surface area (Å²) in [5.74, 6) is 0.206. The second-order valence-electron chi connectivity index (χ2n) is 5.60. The molecule has 0 bridgehead atoms. The number of hydrogen-bond donors (Lipinski definition) is 3. The van der Waals surface area contributed by atoms with E-state index >= 15 is 0 Å². The molecule has 0 unspecified atom stereocenters. The van der Waals surface area contributed by atoms with Gasteiger partial charge in [0.25, 0.3) is 0 Å². The number of phenolic OH excluding ortho intramolecular Hbond substituents is 1. The van der Waals surface area contributed by atoms with Crippen molar-refractivity contribution in [3.05, 3.63) is 54.1 Å². The van der Waals surface area contributed by atoms with E-state index < -0.39 is 0 Å². The largest absolute Gasteiger partial charge is 0.507 e. The topological polar surface area (TPSA) is 77.5 Å². The minimum absolute atomic E-state index is 0.0432. The Labute approximate surface area is 132 Å². The zero-order valence-corrected chi connectivity index (χ0v) is 12.3. The minimum atomic E-state index is -0.0432. The molecular weight excluding hydrogens is 290 g/mol. The second-order valence-corrected chi connectivity index (χ2v) is 5.60. The molecule has 0 aliphatic carbocycles. The van der Waals surface area contributed by atoms with E-state index in [0.29, 0.717) is 12.8 Å². The molecule has 0 radical (unpaired) electrons. The molecule has 1 aromatic heterocycles. The van der Waals surface area contributed by atoms with Gasteiger partial charge in [0.1, 0.15) is 5.75 Å². The van der Waals surface area contributed by atoms with Crippen LogP contribution in [0, 0.1) is 0 Å². The van der Waals surface area contributed by atoms with Crippen LogP contribution in [0.2, 0.25) is 0 Å². The highest BCUT2D eigenvalue weighted by Gasteiger charge is 2.14. The van der Waals surface area contributed by atoms with Gasteiger partial charge in [-0.15, -0.1) is 0 Å². The number of benzene rings is 2. The Bertz CT molecular complexity index is 940. The molecule has 2 heterocycles. The van der Waals surface area contributed by atoms with Crippen molar-refractivity contribution in [1.29, 1.82) is 0 Å². The number of nitrogens with one attached hydrogen (secondary N) is 2. The molecule has 3 N–H and O–H groups in total. The molecule has 1 aliphatic rings. The summed E-state index contributed by atoms with van der Waals surface area (Å²) in [6.07, 6.45) is 1.11. The number of amides is 1. The van der Waals surface area contributed by atoms with Crippen LogP contribution in [0.4, 0.5) is 0 Å². The number of hydrazone groups is 1. The van der Waals surface area contributed by atoms with Gasteiger partial charge in [0.15, 0.2) is 0 Å². The average molecular weight is 305 g/mol. The van der Waals surface area contributed by atoms with Gasteiger partial charge >= 0.3 is 0 Å². The second kappa shape index (κ2) is 5.28. The summed E-state index contributed by atoms with van der Waals surface area (Å²) in [6.45, 7) is 0. The first-order valence-corrected chi connectivity index (χ1v) is 7.47. The Morgan fingerprint density at radius 2 is 1.91 bits per heavy atom. The molecule has 1 amide bonds. The Kier molecular flexibility index (Phi) is 3.12. The highest BCUT2D eigenvalue weighted by atomic mass is 16.3. The maximum atomic E-state index is 11.2. The van der Waals surface area contributed by atoms with Gasteiger partial charge in [0.05, 0.1) is 11.4 Å². The summed E-state index contributed by atoms with van der Waals surface area (Å²) in [4.78, 5) is 14.5. The van der Waals surface area contributed by atoms with Crippen molar-refractivity contribution in [3.63, 3.8) is 0 Å². The predicted molar refractivity (Wildman–Crippen MR) is 89.3 cm³/mol. The van der Waals surface area contributed by atoms with E-state index in [1.54, 1.807) is 12.1 Å². The SMILES string of the molecule is O=C1CCC(c2ccc3[nH]c(-c4ccccc4O)cc3c2)=NN1. The first-order valence-electron chi connectivity index (χ1n) is 7.47. The third kappa shape index (κ3) is 2.46. The molecular formula is C18H15N3O2. The average Bonchev–Trinajstić information content (AvgIpc) is 2.99. The summed E-state index contributed by atoms with van der Waals surface area (Å²) in [7, 11) is 0. The number of rotatable bonds is 2. The molecule has 0 spiro atoms. The van der Waals surface area contributed by atoms with Crippen LogP contribution in [0.3, 0.4) is 0 Å². The van der Waals surface area contributed by atoms with E-state index in [0.717, 1.165) is 33.4 Å². The fourth-order valence-corrected chi connectivity index (χ4v) is 2.84. The van der Waals surface area contributed by atoms with Crippen LogP contribution in [0.25, 0.3) is 22.2 Å². The maximum absolute atomic E-state index is 11.2. The summed E-state index contributed by atoms with van der Waals surface area (Å²) < 4.78 is 0. The number of aromatic nitrogens is 1. The Morgan fingerprint density at radius 1 is 1.04 bits per heavy atom. The Morgan fingerprint density at radius 3 is 2.70 bits per heavy atom. The molecule has 114 valence electrons. The molecule has 23 heavy (non-hydrogen) atoms. The van der Waals surface area contributed by atoms with Crippen molar-refractivity contribution < 1.29 is 9.90 Å². The minimum Gasteiger partial charge on any atom is -0.507 e. The lowest BCUT2D eigenvalue weighted by Gasteiger charge is -2.11. The number of carbonyl (C=O) groups is 1. The number of H-pyrrole nitrogens is 1. The van der Waals surface area contributed by atoms with Gasteiger partial charge in [0.2, 0.25) is 5.91 Å². The maximum Gasteiger partial charge on any atom is 0.240 e. The van der Waals surface area contributed by atoms with E-state index in [9.17, 15) is 9.90 Å². The third-order valence-electron chi connectivity index (χ3n) is 4.05. The number of fused-ring (bicyclic) bond motifs is 1. The van der Waals surface area contributed by atoms with Crippen LogP contribution in [0.15, 0.2) is 53.6 Å². The van der Waals surface area contributed by atoms with Crippen molar-refractivity contribution in [1.82, 2.24) is 10.4 Å². The lowest BCUT2D eigenvalue weighted by molar-refractivity contribution is -0.121. The summed E-state index contributed by atoms with van der Waals surface area (Å²) >= 11 is 0. The smallest absolute Gasteiger partial charge is 0.240 e. The fraction of sp³-hybridized carbons (Fsp3) is 0.111. The zero-order valence-electron chi connectivity index (χ0n) is 12.3. The number of aromatic hydroxyl groups is 1. The quantitative estimate of drug-likeness (QED) is 0.680. The van der Waals surface area contributed by atoms with Crippen LogP contribution in [-0.4, -0.2) is 21.7 Å². The molecule has 0 atom stereocenters. The standard InChI is InChI=1S/C18H15N3O2/c22-17-4-2-1-3-13(17)16-10-12-9-11(5-6-14(12)19-16)15-7-8-18(23)21-20-15/h1-6,9-10,19,22H,7-8H2,(H,21,23). The molecule has 0 saturated carbocycles. The van der Waals surface area contributed by atoms with E-state index in [1.165, 1.54) is 0 Å². The lowest BCUT2D eigenvalue weighted by atomic mass is 10.0. The number of phenols is 1. The summed E-state index contributed by atoms with van der Waals surface area (Å²) in [5, 5.41) is 15.2. The lowest BCUT2D eigenvalue weighted by Crippen LogP contribution is -2.25. The monoisotopic (exact) mass is 305 g/mol. The van der Waals surface area contributed by atoms with Crippen LogP contribution in [0.5, 0.6) is 5.75 Å². The molecule has 0 fully saturated rings. The number of hydrogen-bond acceptors (Lipinski definition) is 3. The summed E-state index contributed by atoms with van der Waals surface area (Å²) in [5.41, 5.74) is 7.04. The van der Waals surface area contributed by atoms with Crippen molar-refractivity contribution in [2.45, 2.75) is 12.8 Å². The van der Waals surface area contributed by atoms with Gasteiger partial charge in [0, 0.05) is 29.3 Å². The first-order chi connectivity index (χ1) is 11.2. The van der Waals surface area contributed by atoms with E-state index in [4.69, 9.17) is 0 Å². The molecule has 1 aliphatic heterocycles.